The van der Waals surface area contributed by atoms with Gasteiger partial charge >= 0.3 is 0 Å². The maximum atomic E-state index is 14.6. The Morgan fingerprint density at radius 3 is 2.59 bits per heavy atom. The highest BCUT2D eigenvalue weighted by atomic mass is 35.5. The largest absolute Gasteiger partial charge is 0.348 e. The van der Waals surface area contributed by atoms with Crippen LogP contribution in [0.3, 0.4) is 0 Å². The zero-order chi connectivity index (χ0) is 19.7. The zero-order valence-electron chi connectivity index (χ0n) is 14.7. The Labute approximate surface area is 158 Å². The Morgan fingerprint density at radius 2 is 2.00 bits per heavy atom. The molecule has 3 aromatic rings. The van der Waals surface area contributed by atoms with Crippen LogP contribution in [0.25, 0.3) is 22.5 Å². The van der Waals surface area contributed by atoms with Gasteiger partial charge in [0.15, 0.2) is 0 Å². The van der Waals surface area contributed by atoms with Gasteiger partial charge in [-0.3, -0.25) is 9.78 Å². The van der Waals surface area contributed by atoms with E-state index in [2.05, 4.69) is 20.4 Å². The van der Waals surface area contributed by atoms with E-state index in [-0.39, 0.29) is 45.0 Å². The number of amides is 1. The van der Waals surface area contributed by atoms with Crippen molar-refractivity contribution in [3.05, 3.63) is 52.6 Å². The van der Waals surface area contributed by atoms with Gasteiger partial charge in [0.25, 0.3) is 0 Å². The molecule has 0 bridgehead atoms. The first-order valence-electron chi connectivity index (χ1n) is 7.99. The number of aryl methyl sites for hydroxylation is 1. The fraction of sp³-hybridized carbons (Fsp3) is 0.222. The fourth-order valence-corrected chi connectivity index (χ4v) is 2.92. The molecule has 9 heteroatoms. The number of aromatic nitrogens is 3. The first-order valence-corrected chi connectivity index (χ1v) is 8.36. The molecule has 0 spiro atoms. The Balaban J connectivity index is 2.11. The SMILES string of the molecule is CC(=O)NC(C)c1ncc(-c2cc(Cl)cc(F)c2-c2noc(C)n2)cc1F. The molecular weight excluding hydrogens is 378 g/mol. The first kappa shape index (κ1) is 18.9. The van der Waals surface area contributed by atoms with Gasteiger partial charge in [0.1, 0.15) is 11.6 Å². The van der Waals surface area contributed by atoms with Gasteiger partial charge in [0.05, 0.1) is 17.3 Å². The first-order chi connectivity index (χ1) is 12.8. The monoisotopic (exact) mass is 392 g/mol. The second kappa shape index (κ2) is 7.40. The molecule has 3 rings (SSSR count). The summed E-state index contributed by atoms with van der Waals surface area (Å²) in [6.45, 7) is 4.51. The third kappa shape index (κ3) is 3.95. The molecule has 0 aliphatic heterocycles. The maximum absolute atomic E-state index is 14.6. The smallest absolute Gasteiger partial charge is 0.223 e. The van der Waals surface area contributed by atoms with Gasteiger partial charge in [-0.05, 0) is 30.7 Å². The summed E-state index contributed by atoms with van der Waals surface area (Å²) in [4.78, 5) is 19.3. The highest BCUT2D eigenvalue weighted by molar-refractivity contribution is 6.31. The molecule has 2 heterocycles. The molecule has 0 radical (unpaired) electrons. The van der Waals surface area contributed by atoms with E-state index in [9.17, 15) is 13.6 Å². The van der Waals surface area contributed by atoms with E-state index in [1.54, 1.807) is 13.8 Å². The lowest BCUT2D eigenvalue weighted by Gasteiger charge is -2.14. The standard InChI is InChI=1S/C18H15ClF2N4O2/c1-8(23-9(2)26)17-15(21)4-11(7-22-17)13-5-12(19)6-14(20)16(13)18-24-10(3)27-25-18/h4-8H,1-3H3,(H,23,26). The minimum atomic E-state index is -0.672. The molecule has 1 amide bonds. The van der Waals surface area contributed by atoms with Gasteiger partial charge in [0.2, 0.25) is 17.6 Å². The van der Waals surface area contributed by atoms with Crippen molar-refractivity contribution in [3.63, 3.8) is 0 Å². The molecule has 140 valence electrons. The van der Waals surface area contributed by atoms with Crippen LogP contribution in [0.5, 0.6) is 0 Å². The lowest BCUT2D eigenvalue weighted by molar-refractivity contribution is -0.119. The number of halogens is 3. The average Bonchev–Trinajstić information content (AvgIpc) is 2.99. The van der Waals surface area contributed by atoms with E-state index in [0.29, 0.717) is 0 Å². The van der Waals surface area contributed by atoms with E-state index < -0.39 is 17.7 Å². The predicted molar refractivity (Wildman–Crippen MR) is 94.9 cm³/mol. The topological polar surface area (TPSA) is 80.9 Å². The number of carbonyl (C=O) groups excluding carboxylic acids is 1. The van der Waals surface area contributed by atoms with Crippen LogP contribution in [0, 0.1) is 18.6 Å². The number of carbonyl (C=O) groups is 1. The van der Waals surface area contributed by atoms with Crippen molar-refractivity contribution in [1.29, 1.82) is 0 Å². The van der Waals surface area contributed by atoms with Gasteiger partial charge in [-0.1, -0.05) is 16.8 Å². The summed E-state index contributed by atoms with van der Waals surface area (Å²) in [7, 11) is 0. The Bertz CT molecular complexity index is 1020. The number of nitrogens with zero attached hydrogens (tertiary/aromatic N) is 3. The highest BCUT2D eigenvalue weighted by Crippen LogP contribution is 2.36. The van der Waals surface area contributed by atoms with Crippen LogP contribution in [0.1, 0.15) is 31.5 Å². The average molecular weight is 393 g/mol. The van der Waals surface area contributed by atoms with Gasteiger partial charge < -0.3 is 9.84 Å². The fourth-order valence-electron chi connectivity index (χ4n) is 2.72. The van der Waals surface area contributed by atoms with Crippen LogP contribution in [-0.4, -0.2) is 21.0 Å². The van der Waals surface area contributed by atoms with E-state index in [1.807, 2.05) is 0 Å². The summed E-state index contributed by atoms with van der Waals surface area (Å²) in [5.74, 6) is -1.35. The van der Waals surface area contributed by atoms with Crippen LogP contribution in [-0.2, 0) is 4.79 Å². The minimum Gasteiger partial charge on any atom is -0.348 e. The minimum absolute atomic E-state index is 0.0211. The van der Waals surface area contributed by atoms with E-state index in [4.69, 9.17) is 16.1 Å². The van der Waals surface area contributed by atoms with Crippen LogP contribution in [0.2, 0.25) is 5.02 Å². The van der Waals surface area contributed by atoms with Gasteiger partial charge in [-0.25, -0.2) is 8.78 Å². The van der Waals surface area contributed by atoms with Crippen molar-refractivity contribution in [2.24, 2.45) is 0 Å². The Morgan fingerprint density at radius 1 is 1.26 bits per heavy atom. The predicted octanol–water partition coefficient (Wildman–Crippen LogP) is 4.24. The molecule has 1 N–H and O–H groups in total. The van der Waals surface area contributed by atoms with Crippen LogP contribution in [0.15, 0.2) is 28.9 Å². The van der Waals surface area contributed by atoms with Crippen molar-refractivity contribution >= 4 is 17.5 Å². The van der Waals surface area contributed by atoms with E-state index in [1.165, 1.54) is 25.3 Å². The number of hydrogen-bond acceptors (Lipinski definition) is 5. The van der Waals surface area contributed by atoms with Gasteiger partial charge in [0, 0.05) is 30.6 Å². The third-order valence-corrected chi connectivity index (χ3v) is 4.03. The quantitative estimate of drug-likeness (QED) is 0.718. The molecule has 0 saturated heterocycles. The lowest BCUT2D eigenvalue weighted by atomic mass is 9.99. The third-order valence-electron chi connectivity index (χ3n) is 3.82. The molecule has 0 saturated carbocycles. The molecule has 27 heavy (non-hydrogen) atoms. The molecule has 1 aromatic carbocycles. The number of nitrogens with one attached hydrogen (secondary N) is 1. The summed E-state index contributed by atoms with van der Waals surface area (Å²) < 4.78 is 34.1. The number of pyridine rings is 1. The van der Waals surface area contributed by atoms with Gasteiger partial charge in [-0.2, -0.15) is 4.98 Å². The van der Waals surface area contributed by atoms with Crippen LogP contribution >= 0.6 is 11.6 Å². The molecule has 0 fully saturated rings. The summed E-state index contributed by atoms with van der Waals surface area (Å²) in [5, 5.41) is 6.42. The molecular formula is C18H15ClF2N4O2. The highest BCUT2D eigenvalue weighted by Gasteiger charge is 2.21. The molecule has 0 aliphatic rings. The maximum Gasteiger partial charge on any atom is 0.223 e. The van der Waals surface area contributed by atoms with Crippen molar-refractivity contribution in [3.8, 4) is 22.5 Å². The zero-order valence-corrected chi connectivity index (χ0v) is 15.4. The molecule has 1 unspecified atom stereocenters. The normalized spacial score (nSPS) is 12.1. The summed E-state index contributed by atoms with van der Waals surface area (Å²) in [6, 6.07) is 3.16. The molecule has 6 nitrogen and oxygen atoms in total. The van der Waals surface area contributed by atoms with Crippen LogP contribution < -0.4 is 5.32 Å². The lowest BCUT2D eigenvalue weighted by Crippen LogP contribution is -2.25. The Kier molecular flexibility index (Phi) is 5.18. The van der Waals surface area contributed by atoms with Crippen molar-refractivity contribution in [2.75, 3.05) is 0 Å². The van der Waals surface area contributed by atoms with Crippen molar-refractivity contribution in [2.45, 2.75) is 26.8 Å². The van der Waals surface area contributed by atoms with E-state index >= 15 is 0 Å². The second-order valence-electron chi connectivity index (χ2n) is 5.96. The number of rotatable bonds is 4. The van der Waals surface area contributed by atoms with Crippen molar-refractivity contribution < 1.29 is 18.1 Å². The second-order valence-corrected chi connectivity index (χ2v) is 6.40. The van der Waals surface area contributed by atoms with E-state index in [0.717, 1.165) is 6.07 Å². The molecule has 1 atom stereocenters. The number of benzene rings is 1. The molecule has 2 aromatic heterocycles. The van der Waals surface area contributed by atoms with Gasteiger partial charge in [-0.15, -0.1) is 0 Å². The summed E-state index contributed by atoms with van der Waals surface area (Å²) in [5.41, 5.74) is 0.643. The Hall–Kier alpha value is -2.87. The number of hydrogen-bond donors (Lipinski definition) is 1. The summed E-state index contributed by atoms with van der Waals surface area (Å²) in [6.07, 6.45) is 1.37. The van der Waals surface area contributed by atoms with Crippen molar-refractivity contribution in [1.82, 2.24) is 20.4 Å². The van der Waals surface area contributed by atoms with Crippen LogP contribution in [0.4, 0.5) is 8.78 Å². The molecule has 0 aliphatic carbocycles. The summed E-state index contributed by atoms with van der Waals surface area (Å²) >= 11 is 5.98.